The molecule has 0 aliphatic rings. The summed E-state index contributed by atoms with van der Waals surface area (Å²) in [5.74, 6) is -3.96. The Labute approximate surface area is 246 Å². The smallest absolute Gasteiger partial charge is 0.356 e. The number of aromatic nitrogens is 5. The maximum absolute atomic E-state index is 13.2. The first kappa shape index (κ1) is 27.7. The molecule has 4 aromatic heterocycles. The highest BCUT2D eigenvalue weighted by molar-refractivity contribution is 6.08. The Balaban J connectivity index is 1.76. The molecule has 13 nitrogen and oxygen atoms in total. The first-order chi connectivity index (χ1) is 21.2. The number of hydrogen-bond acceptors (Lipinski definition) is 9. The third-order valence-electron chi connectivity index (χ3n) is 7.05. The van der Waals surface area contributed by atoms with Crippen LogP contribution < -0.4 is 5.63 Å². The number of carbonyl (C=O) groups is 3. The van der Waals surface area contributed by atoms with Crippen molar-refractivity contribution in [2.24, 2.45) is 0 Å². The predicted octanol–water partition coefficient (Wildman–Crippen LogP) is 4.77. The molecule has 4 N–H and O–H groups in total. The van der Waals surface area contributed by atoms with Gasteiger partial charge < -0.3 is 19.7 Å². The van der Waals surface area contributed by atoms with E-state index in [1.54, 1.807) is 43.3 Å². The van der Waals surface area contributed by atoms with Crippen LogP contribution in [0.4, 0.5) is 0 Å². The van der Waals surface area contributed by atoms with E-state index in [-0.39, 0.29) is 44.9 Å². The van der Waals surface area contributed by atoms with Crippen molar-refractivity contribution < 1.29 is 34.1 Å². The van der Waals surface area contributed by atoms with Gasteiger partial charge in [0.25, 0.3) is 0 Å². The molecule has 4 heterocycles. The average Bonchev–Trinajstić information content (AvgIpc) is 3.50. The maximum Gasteiger partial charge on any atom is 0.356 e. The fourth-order valence-electron chi connectivity index (χ4n) is 5.17. The lowest BCUT2D eigenvalue weighted by Gasteiger charge is -2.18. The summed E-state index contributed by atoms with van der Waals surface area (Å²) in [6.45, 7) is 1.64. The number of aryl methyl sites for hydroxylation is 1. The second kappa shape index (κ2) is 10.7. The number of hydrogen-bond donors (Lipinski definition) is 4. The lowest BCUT2D eigenvalue weighted by Crippen LogP contribution is -2.10. The largest absolute Gasteiger partial charge is 0.478 e. The van der Waals surface area contributed by atoms with Crippen LogP contribution in [0.15, 0.2) is 82.5 Å². The zero-order valence-electron chi connectivity index (χ0n) is 22.6. The Bertz CT molecular complexity index is 2210. The number of pyridine rings is 1. The van der Waals surface area contributed by atoms with E-state index < -0.39 is 29.2 Å². The summed E-state index contributed by atoms with van der Waals surface area (Å²) in [5, 5.41) is 36.1. The average molecular weight is 590 g/mol. The highest BCUT2D eigenvalue weighted by Gasteiger charge is 2.27. The molecule has 0 fully saturated rings. The van der Waals surface area contributed by atoms with E-state index in [1.165, 1.54) is 24.5 Å². The summed E-state index contributed by atoms with van der Waals surface area (Å²) >= 11 is 0. The molecule has 13 heteroatoms. The van der Waals surface area contributed by atoms with Crippen LogP contribution in [-0.2, 0) is 0 Å². The summed E-state index contributed by atoms with van der Waals surface area (Å²) in [6.07, 6.45) is 4.73. The van der Waals surface area contributed by atoms with Crippen LogP contribution in [0.1, 0.15) is 36.8 Å². The van der Waals surface area contributed by atoms with Crippen LogP contribution in [0.5, 0.6) is 0 Å². The fraction of sp³-hybridized carbons (Fsp3) is 0.0323. The van der Waals surface area contributed by atoms with Gasteiger partial charge in [-0.1, -0.05) is 30.3 Å². The van der Waals surface area contributed by atoms with Crippen LogP contribution in [0.3, 0.4) is 0 Å². The van der Waals surface area contributed by atoms with Crippen molar-refractivity contribution in [3.63, 3.8) is 0 Å². The third kappa shape index (κ3) is 4.54. The molecule has 0 atom stereocenters. The van der Waals surface area contributed by atoms with Gasteiger partial charge >= 0.3 is 23.5 Å². The summed E-state index contributed by atoms with van der Waals surface area (Å²) in [4.78, 5) is 61.8. The number of fused-ring (bicyclic) bond motifs is 1. The number of benzene rings is 2. The van der Waals surface area contributed by atoms with E-state index in [0.717, 1.165) is 12.4 Å². The van der Waals surface area contributed by atoms with Crippen molar-refractivity contribution >= 4 is 28.9 Å². The van der Waals surface area contributed by atoms with E-state index in [0.29, 0.717) is 27.6 Å². The van der Waals surface area contributed by atoms with Crippen molar-refractivity contribution in [1.29, 1.82) is 0 Å². The van der Waals surface area contributed by atoms with Crippen molar-refractivity contribution in [3.05, 3.63) is 106 Å². The number of aromatic amines is 1. The highest BCUT2D eigenvalue weighted by atomic mass is 16.4. The molecular weight excluding hydrogens is 570 g/mol. The lowest BCUT2D eigenvalue weighted by molar-refractivity contribution is 0.0682. The van der Waals surface area contributed by atoms with Crippen molar-refractivity contribution in [3.8, 4) is 44.9 Å². The zero-order chi connectivity index (χ0) is 31.1. The van der Waals surface area contributed by atoms with E-state index in [1.807, 2.05) is 0 Å². The summed E-state index contributed by atoms with van der Waals surface area (Å²) in [5.41, 5.74) is 0.565. The number of H-pyrrole nitrogens is 1. The first-order valence-electron chi connectivity index (χ1n) is 12.9. The number of carboxylic acid groups (broad SMARTS) is 3. The Kier molecular flexibility index (Phi) is 6.74. The molecule has 0 amide bonds. The molecular formula is C31H19N5O8. The van der Waals surface area contributed by atoms with E-state index in [9.17, 15) is 34.5 Å². The highest BCUT2D eigenvalue weighted by Crippen LogP contribution is 2.43. The predicted molar refractivity (Wildman–Crippen MR) is 155 cm³/mol. The van der Waals surface area contributed by atoms with E-state index >= 15 is 0 Å². The van der Waals surface area contributed by atoms with Crippen LogP contribution in [0.25, 0.3) is 55.9 Å². The third-order valence-corrected chi connectivity index (χ3v) is 7.05. The number of rotatable bonds is 7. The van der Waals surface area contributed by atoms with Gasteiger partial charge in [-0.15, -0.1) is 0 Å². The van der Waals surface area contributed by atoms with E-state index in [2.05, 4.69) is 25.1 Å². The maximum atomic E-state index is 13.2. The molecule has 44 heavy (non-hydrogen) atoms. The van der Waals surface area contributed by atoms with Gasteiger partial charge in [0.2, 0.25) is 0 Å². The molecule has 0 bridgehead atoms. The fourth-order valence-corrected chi connectivity index (χ4v) is 5.17. The number of carboxylic acids is 3. The Morgan fingerprint density at radius 1 is 0.795 bits per heavy atom. The van der Waals surface area contributed by atoms with Gasteiger partial charge in [-0.25, -0.2) is 24.2 Å². The SMILES string of the molecule is Cc1c(-c2[nH]ncc2C(=O)O)c(=O)oc2ccc(-c3ncc(C(=O)O)cc3-c3nccnc3C(=O)O)c(-c3ccccc3)c12. The quantitative estimate of drug-likeness (QED) is 0.186. The minimum atomic E-state index is -1.38. The second-order valence-corrected chi connectivity index (χ2v) is 9.56. The van der Waals surface area contributed by atoms with Crippen molar-refractivity contribution in [2.75, 3.05) is 0 Å². The molecule has 2 aromatic carbocycles. The van der Waals surface area contributed by atoms with Gasteiger partial charge in [0.05, 0.1) is 28.7 Å². The van der Waals surface area contributed by atoms with Gasteiger partial charge in [0, 0.05) is 40.7 Å². The van der Waals surface area contributed by atoms with Gasteiger partial charge in [0.15, 0.2) is 5.69 Å². The molecule has 0 aliphatic carbocycles. The normalized spacial score (nSPS) is 11.0. The van der Waals surface area contributed by atoms with Crippen LogP contribution >= 0.6 is 0 Å². The monoisotopic (exact) mass is 589 g/mol. The van der Waals surface area contributed by atoms with Crippen LogP contribution in [-0.4, -0.2) is 58.4 Å². The Hall–Kier alpha value is -6.50. The molecule has 0 saturated carbocycles. The Morgan fingerprint density at radius 3 is 2.25 bits per heavy atom. The van der Waals surface area contributed by atoms with Crippen molar-refractivity contribution in [2.45, 2.75) is 6.92 Å². The summed E-state index contributed by atoms with van der Waals surface area (Å²) < 4.78 is 5.71. The van der Waals surface area contributed by atoms with Crippen molar-refractivity contribution in [1.82, 2.24) is 25.1 Å². The minimum absolute atomic E-state index is 0.0367. The molecule has 6 rings (SSSR count). The lowest BCUT2D eigenvalue weighted by atomic mass is 9.88. The topological polar surface area (TPSA) is 209 Å². The number of aromatic carboxylic acids is 3. The molecule has 6 aromatic rings. The van der Waals surface area contributed by atoms with Gasteiger partial charge in [-0.3, -0.25) is 15.1 Å². The first-order valence-corrected chi connectivity index (χ1v) is 12.9. The van der Waals surface area contributed by atoms with Gasteiger partial charge in [-0.05, 0) is 36.2 Å². The second-order valence-electron chi connectivity index (χ2n) is 9.56. The van der Waals surface area contributed by atoms with Gasteiger partial charge in [0.1, 0.15) is 16.8 Å². The minimum Gasteiger partial charge on any atom is -0.478 e. The number of nitrogens with zero attached hydrogens (tertiary/aromatic N) is 4. The Morgan fingerprint density at radius 2 is 1.55 bits per heavy atom. The summed E-state index contributed by atoms with van der Waals surface area (Å²) in [6, 6.07) is 13.4. The molecule has 0 radical (unpaired) electrons. The van der Waals surface area contributed by atoms with Crippen LogP contribution in [0.2, 0.25) is 0 Å². The molecule has 0 aliphatic heterocycles. The zero-order valence-corrected chi connectivity index (χ0v) is 22.6. The standard InChI is InChI=1S/C31H19N5O8/c1-14-21-20(44-31(43)22(14)25-19(29(39)40)13-35-36-25)8-7-17(23(21)15-5-3-2-4-6-15)24-18(11-16(12-34-24)28(37)38)26-27(30(41)42)33-10-9-32-26/h2-13H,1H3,(H,35,36)(H,37,38)(H,39,40)(H,41,42). The van der Waals surface area contributed by atoms with Gasteiger partial charge in [-0.2, -0.15) is 5.10 Å². The molecule has 216 valence electrons. The molecule has 0 spiro atoms. The van der Waals surface area contributed by atoms with Crippen LogP contribution in [0, 0.1) is 6.92 Å². The molecule has 0 saturated heterocycles. The number of nitrogens with one attached hydrogen (secondary N) is 1. The molecule has 0 unspecified atom stereocenters. The summed E-state index contributed by atoms with van der Waals surface area (Å²) in [7, 11) is 0. The van der Waals surface area contributed by atoms with E-state index in [4.69, 9.17) is 4.42 Å².